The molecule has 2 rings (SSSR count). The summed E-state index contributed by atoms with van der Waals surface area (Å²) in [5.74, 6) is -1.06. The zero-order valence-electron chi connectivity index (χ0n) is 10.9. The maximum atomic E-state index is 13.5. The molecule has 0 unspecified atom stereocenters. The smallest absolute Gasteiger partial charge is 0.339 e. The van der Waals surface area contributed by atoms with Crippen LogP contribution in [0.15, 0.2) is 18.2 Å². The average Bonchev–Trinajstić information content (AvgIpc) is 2.31. The zero-order valence-corrected chi connectivity index (χ0v) is 10.9. The third-order valence-corrected chi connectivity index (χ3v) is 2.91. The van der Waals surface area contributed by atoms with E-state index >= 15 is 0 Å². The predicted octanol–water partition coefficient (Wildman–Crippen LogP) is 2.91. The van der Waals surface area contributed by atoms with Gasteiger partial charge in [-0.1, -0.05) is 12.1 Å². The first-order chi connectivity index (χ1) is 8.90. The monoisotopic (exact) mass is 260 g/mol. The molecule has 2 aromatic rings. The Balaban J connectivity index is 2.58. The maximum absolute atomic E-state index is 13.5. The van der Waals surface area contributed by atoms with Crippen molar-refractivity contribution in [2.24, 2.45) is 0 Å². The lowest BCUT2D eigenvalue weighted by Gasteiger charge is -2.08. The number of halogens is 1. The lowest BCUT2D eigenvalue weighted by Crippen LogP contribution is -2.08. The fraction of sp³-hybridized carbons (Fsp3) is 0.214. The van der Waals surface area contributed by atoms with Gasteiger partial charge in [0, 0.05) is 5.56 Å². The predicted molar refractivity (Wildman–Crippen MR) is 68.6 cm³/mol. The van der Waals surface area contributed by atoms with Gasteiger partial charge >= 0.3 is 5.97 Å². The van der Waals surface area contributed by atoms with E-state index in [9.17, 15) is 9.18 Å². The molecule has 1 aromatic carbocycles. The second-order valence-corrected chi connectivity index (χ2v) is 4.36. The second kappa shape index (κ2) is 4.76. The topological polar surface area (TPSA) is 63.1 Å². The van der Waals surface area contributed by atoms with Crippen LogP contribution in [0.4, 0.5) is 4.39 Å². The number of aromatic carboxylic acids is 1. The molecule has 0 aliphatic carbocycles. The van der Waals surface area contributed by atoms with E-state index < -0.39 is 5.97 Å². The highest BCUT2D eigenvalue weighted by Crippen LogP contribution is 2.21. The minimum absolute atomic E-state index is 0.0938. The zero-order chi connectivity index (χ0) is 14.2. The number of aromatic nitrogens is 2. The summed E-state index contributed by atoms with van der Waals surface area (Å²) in [7, 11) is 0. The summed E-state index contributed by atoms with van der Waals surface area (Å²) >= 11 is 0. The fourth-order valence-corrected chi connectivity index (χ4v) is 1.89. The van der Waals surface area contributed by atoms with Gasteiger partial charge < -0.3 is 5.11 Å². The van der Waals surface area contributed by atoms with Crippen LogP contribution in [0.1, 0.15) is 27.3 Å². The van der Waals surface area contributed by atoms with Crippen molar-refractivity contribution in [1.29, 1.82) is 0 Å². The highest BCUT2D eigenvalue weighted by atomic mass is 19.1. The van der Waals surface area contributed by atoms with Crippen molar-refractivity contribution in [3.8, 4) is 11.4 Å². The van der Waals surface area contributed by atoms with Crippen LogP contribution >= 0.6 is 0 Å². The highest BCUT2D eigenvalue weighted by Gasteiger charge is 2.15. The van der Waals surface area contributed by atoms with Gasteiger partial charge in [-0.05, 0) is 32.4 Å². The van der Waals surface area contributed by atoms with Crippen LogP contribution in [0.2, 0.25) is 0 Å². The third-order valence-electron chi connectivity index (χ3n) is 2.91. The quantitative estimate of drug-likeness (QED) is 0.901. The number of carboxylic acids is 1. The van der Waals surface area contributed by atoms with Crippen molar-refractivity contribution in [3.63, 3.8) is 0 Å². The third kappa shape index (κ3) is 2.45. The molecule has 0 aliphatic heterocycles. The van der Waals surface area contributed by atoms with Crippen molar-refractivity contribution in [3.05, 3.63) is 46.5 Å². The maximum Gasteiger partial charge on any atom is 0.339 e. The van der Waals surface area contributed by atoms with Gasteiger partial charge in [-0.25, -0.2) is 19.2 Å². The van der Waals surface area contributed by atoms with E-state index in [2.05, 4.69) is 9.97 Å². The van der Waals surface area contributed by atoms with Gasteiger partial charge in [0.2, 0.25) is 0 Å². The minimum atomic E-state index is -1.06. The first-order valence-corrected chi connectivity index (χ1v) is 5.75. The van der Waals surface area contributed by atoms with Crippen LogP contribution in [-0.2, 0) is 0 Å². The molecule has 0 amide bonds. The summed E-state index contributed by atoms with van der Waals surface area (Å²) in [6.45, 7) is 4.88. The molecule has 0 radical (unpaired) electrons. The molecule has 1 heterocycles. The average molecular weight is 260 g/mol. The lowest BCUT2D eigenvalue weighted by atomic mass is 10.1. The second-order valence-electron chi connectivity index (χ2n) is 4.36. The van der Waals surface area contributed by atoms with Gasteiger partial charge in [-0.3, -0.25) is 0 Å². The molecule has 5 heteroatoms. The Morgan fingerprint density at radius 2 is 1.74 bits per heavy atom. The van der Waals surface area contributed by atoms with Gasteiger partial charge in [-0.2, -0.15) is 0 Å². The molecule has 1 N–H and O–H groups in total. The summed E-state index contributed by atoms with van der Waals surface area (Å²) in [5.41, 5.74) is 1.91. The number of carboxylic acid groups (broad SMARTS) is 1. The lowest BCUT2D eigenvalue weighted by molar-refractivity contribution is 0.0694. The van der Waals surface area contributed by atoms with E-state index in [1.807, 2.05) is 0 Å². The number of aryl methyl sites for hydroxylation is 3. The molecular weight excluding hydrogens is 247 g/mol. The van der Waals surface area contributed by atoms with Crippen LogP contribution in [0.25, 0.3) is 11.4 Å². The van der Waals surface area contributed by atoms with Crippen molar-refractivity contribution in [2.45, 2.75) is 20.8 Å². The largest absolute Gasteiger partial charge is 0.478 e. The SMILES string of the molecule is Cc1ccc(-c2nc(C)c(C(=O)O)c(C)n2)cc1F. The Kier molecular flexibility index (Phi) is 3.29. The van der Waals surface area contributed by atoms with Crippen molar-refractivity contribution in [2.75, 3.05) is 0 Å². The molecule has 0 bridgehead atoms. The van der Waals surface area contributed by atoms with Crippen molar-refractivity contribution < 1.29 is 14.3 Å². The molecule has 0 saturated heterocycles. The Labute approximate surface area is 110 Å². The van der Waals surface area contributed by atoms with Crippen LogP contribution in [0, 0.1) is 26.6 Å². The summed E-state index contributed by atoms with van der Waals surface area (Å²) in [4.78, 5) is 19.3. The van der Waals surface area contributed by atoms with E-state index in [0.29, 0.717) is 28.3 Å². The molecule has 0 saturated carbocycles. The van der Waals surface area contributed by atoms with Gasteiger partial charge in [0.25, 0.3) is 0 Å². The van der Waals surface area contributed by atoms with E-state index in [0.717, 1.165) is 0 Å². The van der Waals surface area contributed by atoms with E-state index in [1.165, 1.54) is 6.07 Å². The first-order valence-electron chi connectivity index (χ1n) is 5.75. The van der Waals surface area contributed by atoms with E-state index in [4.69, 9.17) is 5.11 Å². The molecule has 0 atom stereocenters. The molecule has 0 aliphatic rings. The molecule has 19 heavy (non-hydrogen) atoms. The Hall–Kier alpha value is -2.30. The highest BCUT2D eigenvalue weighted by molar-refractivity contribution is 5.90. The fourth-order valence-electron chi connectivity index (χ4n) is 1.89. The molecule has 98 valence electrons. The molecular formula is C14H13FN2O2. The Morgan fingerprint density at radius 1 is 1.16 bits per heavy atom. The number of carbonyl (C=O) groups is 1. The number of rotatable bonds is 2. The summed E-state index contributed by atoms with van der Waals surface area (Å²) in [6.07, 6.45) is 0. The summed E-state index contributed by atoms with van der Waals surface area (Å²) in [6, 6.07) is 4.71. The van der Waals surface area contributed by atoms with Gasteiger partial charge in [-0.15, -0.1) is 0 Å². The molecule has 0 fully saturated rings. The van der Waals surface area contributed by atoms with Crippen LogP contribution < -0.4 is 0 Å². The number of hydrogen-bond donors (Lipinski definition) is 1. The van der Waals surface area contributed by atoms with Crippen LogP contribution in [-0.4, -0.2) is 21.0 Å². The number of nitrogens with zero attached hydrogens (tertiary/aromatic N) is 2. The van der Waals surface area contributed by atoms with Gasteiger partial charge in [0.1, 0.15) is 11.4 Å². The Bertz CT molecular complexity index is 645. The number of benzene rings is 1. The first kappa shape index (κ1) is 13.1. The Morgan fingerprint density at radius 3 is 2.21 bits per heavy atom. The van der Waals surface area contributed by atoms with Crippen molar-refractivity contribution >= 4 is 5.97 Å². The van der Waals surface area contributed by atoms with Crippen LogP contribution in [0.3, 0.4) is 0 Å². The van der Waals surface area contributed by atoms with Crippen molar-refractivity contribution in [1.82, 2.24) is 9.97 Å². The molecule has 4 nitrogen and oxygen atoms in total. The molecule has 1 aromatic heterocycles. The van der Waals surface area contributed by atoms with E-state index in [-0.39, 0.29) is 11.4 Å². The van der Waals surface area contributed by atoms with Gasteiger partial charge in [0.15, 0.2) is 5.82 Å². The summed E-state index contributed by atoms with van der Waals surface area (Å²) < 4.78 is 13.5. The van der Waals surface area contributed by atoms with Gasteiger partial charge in [0.05, 0.1) is 11.4 Å². The normalized spacial score (nSPS) is 10.5. The number of hydrogen-bond acceptors (Lipinski definition) is 3. The molecule has 0 spiro atoms. The van der Waals surface area contributed by atoms with Crippen LogP contribution in [0.5, 0.6) is 0 Å². The minimum Gasteiger partial charge on any atom is -0.478 e. The van der Waals surface area contributed by atoms with E-state index in [1.54, 1.807) is 32.9 Å². The summed E-state index contributed by atoms with van der Waals surface area (Å²) in [5, 5.41) is 9.05. The standard InChI is InChI=1S/C14H13FN2O2/c1-7-4-5-10(6-11(7)15)13-16-8(2)12(14(18)19)9(3)17-13/h4-6H,1-3H3,(H,18,19).